The fourth-order valence-electron chi connectivity index (χ4n) is 1.39. The van der Waals surface area contributed by atoms with Gasteiger partial charge < -0.3 is 9.87 Å². The second-order valence-corrected chi connectivity index (χ2v) is 4.77. The number of rotatable bonds is 6. The lowest BCUT2D eigenvalue weighted by atomic mass is 10.1. The maximum absolute atomic E-state index is 13.1. The fourth-order valence-corrected chi connectivity index (χ4v) is 1.86. The molecule has 1 rings (SSSR count). The molecule has 2 atom stereocenters. The van der Waals surface area contributed by atoms with Crippen LogP contribution in [0.3, 0.4) is 0 Å². The number of benzene rings is 1. The van der Waals surface area contributed by atoms with Gasteiger partial charge in [0.25, 0.3) is 5.92 Å². The van der Waals surface area contributed by atoms with Gasteiger partial charge in [0.05, 0.1) is 6.54 Å². The molecule has 1 aromatic rings. The highest BCUT2D eigenvalue weighted by Gasteiger charge is 2.31. The molecule has 0 heterocycles. The van der Waals surface area contributed by atoms with E-state index in [9.17, 15) is 13.0 Å². The summed E-state index contributed by atoms with van der Waals surface area (Å²) in [6.07, 6.45) is 0. The molecule has 0 spiro atoms. The van der Waals surface area contributed by atoms with Gasteiger partial charge in [-0.25, -0.2) is 13.0 Å². The molecule has 6 heteroatoms. The predicted octanol–water partition coefficient (Wildman–Crippen LogP) is 2.19. The molecule has 0 aliphatic carbocycles. The molecule has 2 N–H and O–H groups in total. The Morgan fingerprint density at radius 2 is 2.00 bits per heavy atom. The molecule has 0 bridgehead atoms. The van der Waals surface area contributed by atoms with Gasteiger partial charge in [0, 0.05) is 6.04 Å². The molecule has 0 fully saturated rings. The van der Waals surface area contributed by atoms with Crippen molar-refractivity contribution in [2.45, 2.75) is 18.9 Å². The zero-order valence-electron chi connectivity index (χ0n) is 9.40. The molecule has 3 nitrogen and oxygen atoms in total. The van der Waals surface area contributed by atoms with Gasteiger partial charge in [0.1, 0.15) is 5.75 Å². The third kappa shape index (κ3) is 5.34. The summed E-state index contributed by atoms with van der Waals surface area (Å²) in [5.74, 6) is -4.22. The van der Waals surface area contributed by atoms with Crippen molar-refractivity contribution in [1.29, 1.82) is 0 Å². The number of alkyl halides is 2. The standard InChI is InChI=1S/C11H15F2NO2S/c1-9(10-5-3-2-4-6-10)14-7-11(12,13)8-17(15)16/h2-6,9,14H,7-8H2,1H3,(H,15,16)/t9-/m1/s1. The van der Waals surface area contributed by atoms with Gasteiger partial charge in [-0.15, -0.1) is 0 Å². The Morgan fingerprint density at radius 1 is 1.41 bits per heavy atom. The van der Waals surface area contributed by atoms with Gasteiger partial charge >= 0.3 is 0 Å². The first-order chi connectivity index (χ1) is 7.91. The van der Waals surface area contributed by atoms with E-state index in [0.717, 1.165) is 5.56 Å². The Hall–Kier alpha value is -0.850. The number of hydrogen-bond donors (Lipinski definition) is 2. The summed E-state index contributed by atoms with van der Waals surface area (Å²) in [5, 5.41) is 2.65. The van der Waals surface area contributed by atoms with Gasteiger partial charge in [-0.05, 0) is 12.5 Å². The highest BCUT2D eigenvalue weighted by molar-refractivity contribution is 7.79. The van der Waals surface area contributed by atoms with E-state index in [1.807, 2.05) is 30.3 Å². The first kappa shape index (κ1) is 14.2. The number of halogens is 2. The smallest absolute Gasteiger partial charge is 0.273 e. The Balaban J connectivity index is 2.48. The monoisotopic (exact) mass is 263 g/mol. The zero-order valence-corrected chi connectivity index (χ0v) is 10.2. The molecule has 17 heavy (non-hydrogen) atoms. The third-order valence-corrected chi connectivity index (χ3v) is 2.97. The molecule has 0 aliphatic rings. The van der Waals surface area contributed by atoms with Crippen LogP contribution in [0.4, 0.5) is 8.78 Å². The number of nitrogens with one attached hydrogen (secondary N) is 1. The van der Waals surface area contributed by atoms with Crippen LogP contribution in [0.15, 0.2) is 30.3 Å². The molecule has 0 saturated carbocycles. The van der Waals surface area contributed by atoms with Crippen molar-refractivity contribution in [3.63, 3.8) is 0 Å². The van der Waals surface area contributed by atoms with Crippen LogP contribution in [-0.2, 0) is 11.1 Å². The summed E-state index contributed by atoms with van der Waals surface area (Å²) in [5.41, 5.74) is 0.897. The van der Waals surface area contributed by atoms with Crippen LogP contribution >= 0.6 is 0 Å². The summed E-state index contributed by atoms with van der Waals surface area (Å²) in [4.78, 5) is 0. The average molecular weight is 263 g/mol. The third-order valence-electron chi connectivity index (χ3n) is 2.30. The topological polar surface area (TPSA) is 49.3 Å². The molecule has 96 valence electrons. The molecular formula is C11H15F2NO2S. The van der Waals surface area contributed by atoms with Crippen LogP contribution in [0.1, 0.15) is 18.5 Å². The van der Waals surface area contributed by atoms with Crippen molar-refractivity contribution in [1.82, 2.24) is 5.32 Å². The van der Waals surface area contributed by atoms with Crippen LogP contribution < -0.4 is 5.32 Å². The molecule has 1 aromatic carbocycles. The lowest BCUT2D eigenvalue weighted by Crippen LogP contribution is -2.38. The highest BCUT2D eigenvalue weighted by atomic mass is 32.2. The van der Waals surface area contributed by atoms with Crippen molar-refractivity contribution >= 4 is 11.1 Å². The predicted molar refractivity (Wildman–Crippen MR) is 63.4 cm³/mol. The normalized spacial score (nSPS) is 15.5. The summed E-state index contributed by atoms with van der Waals surface area (Å²) >= 11 is -2.48. The molecule has 0 aliphatic heterocycles. The zero-order chi connectivity index (χ0) is 12.9. The maximum atomic E-state index is 13.1. The van der Waals surface area contributed by atoms with Gasteiger partial charge in [-0.2, -0.15) is 0 Å². The van der Waals surface area contributed by atoms with Crippen molar-refractivity contribution in [2.24, 2.45) is 0 Å². The van der Waals surface area contributed by atoms with Crippen molar-refractivity contribution in [3.8, 4) is 0 Å². The Kier molecular flexibility index (Phi) is 5.17. The van der Waals surface area contributed by atoms with Crippen LogP contribution in [-0.4, -0.2) is 27.0 Å². The van der Waals surface area contributed by atoms with E-state index in [4.69, 9.17) is 4.55 Å². The van der Waals surface area contributed by atoms with Crippen molar-refractivity contribution in [2.75, 3.05) is 12.3 Å². The van der Waals surface area contributed by atoms with E-state index in [-0.39, 0.29) is 6.04 Å². The lowest BCUT2D eigenvalue weighted by molar-refractivity contribution is 0.0237. The largest absolute Gasteiger partial charge is 0.306 e. The van der Waals surface area contributed by atoms with Gasteiger partial charge in [0.15, 0.2) is 11.1 Å². The SMILES string of the molecule is C[C@@H](NCC(F)(F)CS(=O)O)c1ccccc1. The minimum absolute atomic E-state index is 0.228. The first-order valence-corrected chi connectivity index (χ1v) is 6.42. The minimum Gasteiger partial charge on any atom is -0.306 e. The molecule has 0 radical (unpaired) electrons. The van der Waals surface area contributed by atoms with E-state index in [2.05, 4.69) is 5.32 Å². The Bertz CT molecular complexity index is 373. The van der Waals surface area contributed by atoms with E-state index in [1.165, 1.54) is 0 Å². The first-order valence-electron chi connectivity index (χ1n) is 5.14. The van der Waals surface area contributed by atoms with E-state index in [0.29, 0.717) is 0 Å². The van der Waals surface area contributed by atoms with Crippen LogP contribution in [0.2, 0.25) is 0 Å². The molecule has 0 amide bonds. The second-order valence-electron chi connectivity index (χ2n) is 3.84. The summed E-state index contributed by atoms with van der Waals surface area (Å²) in [6.45, 7) is 1.15. The average Bonchev–Trinajstić information content (AvgIpc) is 2.25. The van der Waals surface area contributed by atoms with Crippen LogP contribution in [0.25, 0.3) is 0 Å². The molecular weight excluding hydrogens is 248 g/mol. The van der Waals surface area contributed by atoms with Gasteiger partial charge in [-0.3, -0.25) is 0 Å². The van der Waals surface area contributed by atoms with Gasteiger partial charge in [-0.1, -0.05) is 30.3 Å². The van der Waals surface area contributed by atoms with E-state index in [1.54, 1.807) is 6.92 Å². The maximum Gasteiger partial charge on any atom is 0.273 e. The highest BCUT2D eigenvalue weighted by Crippen LogP contribution is 2.17. The van der Waals surface area contributed by atoms with Gasteiger partial charge in [0.2, 0.25) is 0 Å². The summed E-state index contributed by atoms with van der Waals surface area (Å²) < 4.78 is 45.0. The summed E-state index contributed by atoms with van der Waals surface area (Å²) in [6, 6.07) is 8.94. The fraction of sp³-hybridized carbons (Fsp3) is 0.455. The summed E-state index contributed by atoms with van der Waals surface area (Å²) in [7, 11) is 0. The van der Waals surface area contributed by atoms with Crippen LogP contribution in [0.5, 0.6) is 0 Å². The van der Waals surface area contributed by atoms with Crippen molar-refractivity contribution in [3.05, 3.63) is 35.9 Å². The molecule has 0 saturated heterocycles. The number of hydrogen-bond acceptors (Lipinski definition) is 2. The Labute approximate surface area is 102 Å². The second kappa shape index (κ2) is 6.18. The van der Waals surface area contributed by atoms with E-state index >= 15 is 0 Å². The van der Waals surface area contributed by atoms with Crippen LogP contribution in [0, 0.1) is 0 Å². The molecule has 0 aromatic heterocycles. The minimum atomic E-state index is -3.18. The Morgan fingerprint density at radius 3 is 2.53 bits per heavy atom. The molecule has 1 unspecified atom stereocenters. The quantitative estimate of drug-likeness (QED) is 0.774. The van der Waals surface area contributed by atoms with Crippen molar-refractivity contribution < 1.29 is 17.5 Å². The van der Waals surface area contributed by atoms with E-state index < -0.39 is 29.3 Å². The lowest BCUT2D eigenvalue weighted by Gasteiger charge is -2.19.